The molecule has 0 fully saturated rings. The van der Waals surface area contributed by atoms with Crippen LogP contribution in [0.2, 0.25) is 0 Å². The normalized spacial score (nSPS) is 14.1. The van der Waals surface area contributed by atoms with Crippen molar-refractivity contribution in [2.45, 2.75) is 50.7 Å². The van der Waals surface area contributed by atoms with Crippen molar-refractivity contribution in [2.24, 2.45) is 11.5 Å². The first-order valence-electron chi connectivity index (χ1n) is 8.72. The quantitative estimate of drug-likeness (QED) is 0.366. The summed E-state index contributed by atoms with van der Waals surface area (Å²) in [5, 5.41) is 14.0. The standard InChI is InChI=1S/C18H28N4O4/c1-2-3-9-14(17(24)22-15(11-19)18(25)26)21-16(23)13(20)10-12-7-5-4-6-8-12/h4-8,13-15H,2-3,9-11,19-20H2,1H3,(H,21,23)(H,22,24)(H,25,26)/t13-,14-,15-/m1/s1. The fraction of sp³-hybridized carbons (Fsp3) is 0.500. The van der Waals surface area contributed by atoms with Gasteiger partial charge in [-0.05, 0) is 18.4 Å². The summed E-state index contributed by atoms with van der Waals surface area (Å²) < 4.78 is 0. The van der Waals surface area contributed by atoms with Crippen molar-refractivity contribution < 1.29 is 19.5 Å². The van der Waals surface area contributed by atoms with Gasteiger partial charge in [0.1, 0.15) is 12.1 Å². The summed E-state index contributed by atoms with van der Waals surface area (Å²) in [6.07, 6.45) is 2.26. The summed E-state index contributed by atoms with van der Waals surface area (Å²) in [4.78, 5) is 35.7. The molecule has 2 amide bonds. The van der Waals surface area contributed by atoms with Crippen LogP contribution in [0.3, 0.4) is 0 Å². The zero-order valence-corrected chi connectivity index (χ0v) is 15.0. The number of rotatable bonds is 11. The fourth-order valence-electron chi connectivity index (χ4n) is 2.41. The number of carbonyl (C=O) groups excluding carboxylic acids is 2. The number of amides is 2. The van der Waals surface area contributed by atoms with Crippen LogP contribution in [0.4, 0.5) is 0 Å². The maximum absolute atomic E-state index is 12.4. The second kappa shape index (κ2) is 11.2. The first-order valence-corrected chi connectivity index (χ1v) is 8.72. The molecule has 1 aromatic carbocycles. The van der Waals surface area contributed by atoms with Crippen molar-refractivity contribution in [1.82, 2.24) is 10.6 Å². The third-order valence-corrected chi connectivity index (χ3v) is 3.96. The highest BCUT2D eigenvalue weighted by Gasteiger charge is 2.27. The molecule has 0 aliphatic rings. The number of nitrogens with two attached hydrogens (primary N) is 2. The molecule has 0 saturated heterocycles. The first-order chi connectivity index (χ1) is 12.4. The van der Waals surface area contributed by atoms with Crippen LogP contribution in [0.25, 0.3) is 0 Å². The Morgan fingerprint density at radius 2 is 1.69 bits per heavy atom. The van der Waals surface area contributed by atoms with Gasteiger partial charge in [0.2, 0.25) is 11.8 Å². The maximum atomic E-state index is 12.4. The van der Waals surface area contributed by atoms with Gasteiger partial charge in [-0.1, -0.05) is 50.1 Å². The molecular weight excluding hydrogens is 336 g/mol. The molecule has 26 heavy (non-hydrogen) atoms. The molecule has 1 rings (SSSR count). The van der Waals surface area contributed by atoms with Crippen LogP contribution in [0.1, 0.15) is 31.7 Å². The topological polar surface area (TPSA) is 148 Å². The zero-order chi connectivity index (χ0) is 19.5. The third-order valence-electron chi connectivity index (χ3n) is 3.96. The van der Waals surface area contributed by atoms with Crippen LogP contribution in [0.15, 0.2) is 30.3 Å². The van der Waals surface area contributed by atoms with E-state index >= 15 is 0 Å². The van der Waals surface area contributed by atoms with E-state index in [0.717, 1.165) is 12.0 Å². The number of benzene rings is 1. The molecule has 8 nitrogen and oxygen atoms in total. The highest BCUT2D eigenvalue weighted by molar-refractivity contribution is 5.91. The van der Waals surface area contributed by atoms with Gasteiger partial charge in [-0.15, -0.1) is 0 Å². The minimum absolute atomic E-state index is 0.233. The molecule has 7 N–H and O–H groups in total. The molecule has 0 unspecified atom stereocenters. The van der Waals surface area contributed by atoms with E-state index < -0.39 is 35.9 Å². The summed E-state index contributed by atoms with van der Waals surface area (Å²) in [6.45, 7) is 1.72. The van der Waals surface area contributed by atoms with E-state index in [1.165, 1.54) is 0 Å². The lowest BCUT2D eigenvalue weighted by Crippen LogP contribution is -2.56. The van der Waals surface area contributed by atoms with Crippen LogP contribution in [0.5, 0.6) is 0 Å². The van der Waals surface area contributed by atoms with Crippen molar-refractivity contribution in [3.05, 3.63) is 35.9 Å². The summed E-state index contributed by atoms with van der Waals surface area (Å²) in [6, 6.07) is 6.47. The number of nitrogens with one attached hydrogen (secondary N) is 2. The second-order valence-electron chi connectivity index (χ2n) is 6.13. The van der Waals surface area contributed by atoms with Crippen molar-refractivity contribution in [3.63, 3.8) is 0 Å². The fourth-order valence-corrected chi connectivity index (χ4v) is 2.41. The molecule has 1 aromatic rings. The van der Waals surface area contributed by atoms with Gasteiger partial charge in [0.05, 0.1) is 6.04 Å². The molecule has 0 aromatic heterocycles. The second-order valence-corrected chi connectivity index (χ2v) is 6.13. The number of unbranched alkanes of at least 4 members (excludes halogenated alkanes) is 1. The van der Waals surface area contributed by atoms with Gasteiger partial charge in [0, 0.05) is 6.54 Å². The van der Waals surface area contributed by atoms with Crippen molar-refractivity contribution in [3.8, 4) is 0 Å². The minimum atomic E-state index is -1.22. The van der Waals surface area contributed by atoms with Gasteiger partial charge < -0.3 is 27.2 Å². The Kier molecular flexibility index (Phi) is 9.32. The minimum Gasteiger partial charge on any atom is -0.480 e. The average Bonchev–Trinajstić information content (AvgIpc) is 2.63. The third kappa shape index (κ3) is 7.20. The van der Waals surface area contributed by atoms with E-state index in [2.05, 4.69) is 10.6 Å². The van der Waals surface area contributed by atoms with Gasteiger partial charge in [-0.25, -0.2) is 4.79 Å². The summed E-state index contributed by atoms with van der Waals surface area (Å²) in [7, 11) is 0. The van der Waals surface area contributed by atoms with Crippen LogP contribution in [-0.2, 0) is 20.8 Å². The predicted molar refractivity (Wildman–Crippen MR) is 98.2 cm³/mol. The molecule has 0 aliphatic heterocycles. The van der Waals surface area contributed by atoms with Crippen molar-refractivity contribution in [1.29, 1.82) is 0 Å². The van der Waals surface area contributed by atoms with E-state index in [0.29, 0.717) is 19.3 Å². The number of aliphatic carboxylic acids is 1. The Bertz CT molecular complexity index is 594. The Balaban J connectivity index is 2.71. The highest BCUT2D eigenvalue weighted by Crippen LogP contribution is 2.05. The molecule has 144 valence electrons. The molecule has 3 atom stereocenters. The zero-order valence-electron chi connectivity index (χ0n) is 15.0. The Hall–Kier alpha value is -2.45. The van der Waals surface area contributed by atoms with Gasteiger partial charge in [-0.2, -0.15) is 0 Å². The largest absolute Gasteiger partial charge is 0.480 e. The molecule has 8 heteroatoms. The smallest absolute Gasteiger partial charge is 0.327 e. The van der Waals surface area contributed by atoms with Crippen LogP contribution in [-0.4, -0.2) is 47.6 Å². The van der Waals surface area contributed by atoms with Gasteiger partial charge in [-0.3, -0.25) is 9.59 Å². The van der Waals surface area contributed by atoms with Gasteiger partial charge in [0.15, 0.2) is 0 Å². The molecule has 0 heterocycles. The summed E-state index contributed by atoms with van der Waals surface area (Å²) in [5.41, 5.74) is 12.2. The van der Waals surface area contributed by atoms with Crippen molar-refractivity contribution >= 4 is 17.8 Å². The van der Waals surface area contributed by atoms with E-state index in [9.17, 15) is 14.4 Å². The maximum Gasteiger partial charge on any atom is 0.327 e. The molecular formula is C18H28N4O4. The van der Waals surface area contributed by atoms with Crippen LogP contribution >= 0.6 is 0 Å². The number of carbonyl (C=O) groups is 3. The predicted octanol–water partition coefficient (Wildman–Crippen LogP) is -0.240. The Labute approximate surface area is 153 Å². The lowest BCUT2D eigenvalue weighted by Gasteiger charge is -2.22. The summed E-state index contributed by atoms with van der Waals surface area (Å²) in [5.74, 6) is -2.25. The van der Waals surface area contributed by atoms with E-state index in [4.69, 9.17) is 16.6 Å². The molecule has 0 radical (unpaired) electrons. The molecule has 0 bridgehead atoms. The van der Waals surface area contributed by atoms with Crippen molar-refractivity contribution in [2.75, 3.05) is 6.54 Å². The number of hydrogen-bond donors (Lipinski definition) is 5. The van der Waals surface area contributed by atoms with E-state index in [-0.39, 0.29) is 6.54 Å². The lowest BCUT2D eigenvalue weighted by atomic mass is 10.0. The lowest BCUT2D eigenvalue weighted by molar-refractivity contribution is -0.142. The van der Waals surface area contributed by atoms with Crippen LogP contribution < -0.4 is 22.1 Å². The SMILES string of the molecule is CCCC[C@@H](NC(=O)[C@H](N)Cc1ccccc1)C(=O)N[C@H](CN)C(=O)O. The first kappa shape index (κ1) is 21.6. The monoisotopic (exact) mass is 364 g/mol. The molecule has 0 spiro atoms. The molecule has 0 aliphatic carbocycles. The van der Waals surface area contributed by atoms with Gasteiger partial charge in [0.25, 0.3) is 0 Å². The summed E-state index contributed by atoms with van der Waals surface area (Å²) >= 11 is 0. The van der Waals surface area contributed by atoms with E-state index in [1.807, 2.05) is 37.3 Å². The van der Waals surface area contributed by atoms with E-state index in [1.54, 1.807) is 0 Å². The average molecular weight is 364 g/mol. The van der Waals surface area contributed by atoms with Crippen LogP contribution in [0, 0.1) is 0 Å². The number of carboxylic acids is 1. The Morgan fingerprint density at radius 3 is 2.23 bits per heavy atom. The number of hydrogen-bond acceptors (Lipinski definition) is 5. The highest BCUT2D eigenvalue weighted by atomic mass is 16.4. The van der Waals surface area contributed by atoms with Gasteiger partial charge >= 0.3 is 5.97 Å². The Morgan fingerprint density at radius 1 is 1.08 bits per heavy atom. The molecule has 0 saturated carbocycles. The number of carboxylic acid groups (broad SMARTS) is 1.